The van der Waals surface area contributed by atoms with E-state index in [1.165, 1.54) is 6.07 Å². The first-order chi connectivity index (χ1) is 9.70. The lowest BCUT2D eigenvalue weighted by Crippen LogP contribution is -1.93. The molecule has 0 saturated carbocycles. The van der Waals surface area contributed by atoms with Crippen LogP contribution in [0, 0.1) is 11.6 Å². The second kappa shape index (κ2) is 6.65. The average Bonchev–Trinajstić information content (AvgIpc) is 2.47. The summed E-state index contributed by atoms with van der Waals surface area (Å²) in [4.78, 5) is 4.99. The molecule has 0 aromatic heterocycles. The van der Waals surface area contributed by atoms with Crippen LogP contribution in [0.15, 0.2) is 47.6 Å². The fraction of sp³-hybridized carbons (Fsp3) is 0.133. The lowest BCUT2D eigenvalue weighted by Gasteiger charge is -2.03. The Labute approximate surface area is 115 Å². The molecule has 5 heteroatoms. The van der Waals surface area contributed by atoms with Crippen LogP contribution in [0.4, 0.5) is 8.78 Å². The molecule has 3 nitrogen and oxygen atoms in total. The molecule has 2 rings (SSSR count). The summed E-state index contributed by atoms with van der Waals surface area (Å²) in [6, 6.07) is 10.7. The largest absolute Gasteiger partial charge is 0.496 e. The highest BCUT2D eigenvalue weighted by atomic mass is 19.2. The maximum atomic E-state index is 13.0. The molecule has 0 heterocycles. The number of benzene rings is 2. The van der Waals surface area contributed by atoms with Crippen molar-refractivity contribution in [1.29, 1.82) is 0 Å². The first-order valence-electron chi connectivity index (χ1n) is 5.85. The highest BCUT2D eigenvalue weighted by Gasteiger charge is 2.03. The van der Waals surface area contributed by atoms with E-state index in [1.807, 2.05) is 12.1 Å². The molecule has 0 N–H and O–H groups in total. The second-order valence-electron chi connectivity index (χ2n) is 3.93. The van der Waals surface area contributed by atoms with E-state index in [4.69, 9.17) is 9.57 Å². The number of halogens is 2. The molecule has 2 aromatic rings. The minimum absolute atomic E-state index is 0.0271. The van der Waals surface area contributed by atoms with Crippen molar-refractivity contribution >= 4 is 6.21 Å². The third kappa shape index (κ3) is 3.54. The van der Waals surface area contributed by atoms with Crippen LogP contribution in [0.25, 0.3) is 0 Å². The van der Waals surface area contributed by atoms with E-state index in [9.17, 15) is 8.78 Å². The minimum atomic E-state index is -0.913. The molecule has 0 aliphatic carbocycles. The fourth-order valence-electron chi connectivity index (χ4n) is 1.55. The van der Waals surface area contributed by atoms with Crippen molar-refractivity contribution in [1.82, 2.24) is 0 Å². The SMILES string of the molecule is COc1ccccc1/[C]=N\OCc1ccc(F)c(F)c1. The summed E-state index contributed by atoms with van der Waals surface area (Å²) in [5.41, 5.74) is 1.12. The number of hydrogen-bond acceptors (Lipinski definition) is 3. The molecular formula is C15H12F2NO2. The summed E-state index contributed by atoms with van der Waals surface area (Å²) >= 11 is 0. The molecule has 0 atom stereocenters. The zero-order valence-electron chi connectivity index (χ0n) is 10.8. The molecule has 0 amide bonds. The van der Waals surface area contributed by atoms with Gasteiger partial charge in [0.05, 0.1) is 7.11 Å². The Morgan fingerprint density at radius 1 is 1.10 bits per heavy atom. The molecule has 0 saturated heterocycles. The van der Waals surface area contributed by atoms with E-state index in [-0.39, 0.29) is 6.61 Å². The van der Waals surface area contributed by atoms with Gasteiger partial charge in [0, 0.05) is 5.56 Å². The zero-order valence-corrected chi connectivity index (χ0v) is 10.8. The molecule has 0 spiro atoms. The maximum absolute atomic E-state index is 13.0. The zero-order chi connectivity index (χ0) is 14.4. The van der Waals surface area contributed by atoms with Gasteiger partial charge in [0.15, 0.2) is 11.6 Å². The highest BCUT2D eigenvalue weighted by Crippen LogP contribution is 2.15. The van der Waals surface area contributed by atoms with Gasteiger partial charge < -0.3 is 9.57 Å². The van der Waals surface area contributed by atoms with Crippen molar-refractivity contribution < 1.29 is 18.4 Å². The van der Waals surface area contributed by atoms with Gasteiger partial charge in [0.1, 0.15) is 18.6 Å². The Balaban J connectivity index is 1.95. The van der Waals surface area contributed by atoms with Gasteiger partial charge in [-0.15, -0.1) is 0 Å². The third-order valence-corrected chi connectivity index (χ3v) is 2.55. The van der Waals surface area contributed by atoms with Gasteiger partial charge in [-0.3, -0.25) is 0 Å². The number of nitrogens with zero attached hydrogens (tertiary/aromatic N) is 1. The van der Waals surface area contributed by atoms with Crippen LogP contribution >= 0.6 is 0 Å². The Kier molecular flexibility index (Phi) is 4.65. The van der Waals surface area contributed by atoms with E-state index in [0.717, 1.165) is 12.1 Å². The molecule has 20 heavy (non-hydrogen) atoms. The quantitative estimate of drug-likeness (QED) is 0.619. The maximum Gasteiger partial charge on any atom is 0.159 e. The smallest absolute Gasteiger partial charge is 0.159 e. The average molecular weight is 276 g/mol. The summed E-state index contributed by atoms with van der Waals surface area (Å²) in [5.74, 6) is -1.19. The normalized spacial score (nSPS) is 10.8. The van der Waals surface area contributed by atoms with Gasteiger partial charge in [0.25, 0.3) is 0 Å². The van der Waals surface area contributed by atoms with Gasteiger partial charge in [-0.1, -0.05) is 23.4 Å². The Morgan fingerprint density at radius 2 is 1.90 bits per heavy atom. The second-order valence-corrected chi connectivity index (χ2v) is 3.93. The molecule has 2 aromatic carbocycles. The van der Waals surface area contributed by atoms with Crippen LogP contribution in [0.3, 0.4) is 0 Å². The standard InChI is InChI=1S/C15H12F2NO2/c1-19-15-5-3-2-4-12(15)9-18-20-10-11-6-7-13(16)14(17)8-11/h2-8H,10H2,1H3. The number of hydrogen-bond donors (Lipinski definition) is 0. The first kappa shape index (κ1) is 14.0. The van der Waals surface area contributed by atoms with Crippen molar-refractivity contribution in [3.8, 4) is 5.75 Å². The van der Waals surface area contributed by atoms with Crippen molar-refractivity contribution in [2.75, 3.05) is 7.11 Å². The van der Waals surface area contributed by atoms with Gasteiger partial charge in [-0.05, 0) is 29.8 Å². The fourth-order valence-corrected chi connectivity index (χ4v) is 1.55. The van der Waals surface area contributed by atoms with Crippen molar-refractivity contribution in [2.24, 2.45) is 5.16 Å². The molecule has 0 unspecified atom stereocenters. The van der Waals surface area contributed by atoms with Crippen molar-refractivity contribution in [3.05, 3.63) is 65.2 Å². The van der Waals surface area contributed by atoms with Gasteiger partial charge in [-0.2, -0.15) is 0 Å². The Bertz CT molecular complexity index is 615. The summed E-state index contributed by atoms with van der Waals surface area (Å²) in [6.45, 7) is 0.0271. The van der Waals surface area contributed by atoms with Crippen LogP contribution < -0.4 is 4.74 Å². The molecule has 0 aliphatic rings. The predicted octanol–water partition coefficient (Wildman–Crippen LogP) is 3.40. The number of para-hydroxylation sites is 1. The van der Waals surface area contributed by atoms with Crippen molar-refractivity contribution in [2.45, 2.75) is 6.61 Å². The Hall–Kier alpha value is -2.43. The van der Waals surface area contributed by atoms with Crippen LogP contribution in [-0.2, 0) is 11.4 Å². The van der Waals surface area contributed by atoms with E-state index < -0.39 is 11.6 Å². The van der Waals surface area contributed by atoms with Gasteiger partial charge in [-0.25, -0.2) is 8.78 Å². The van der Waals surface area contributed by atoms with E-state index in [2.05, 4.69) is 11.4 Å². The predicted molar refractivity (Wildman–Crippen MR) is 70.7 cm³/mol. The van der Waals surface area contributed by atoms with Crippen LogP contribution in [0.5, 0.6) is 5.75 Å². The summed E-state index contributed by atoms with van der Waals surface area (Å²) < 4.78 is 30.8. The third-order valence-electron chi connectivity index (χ3n) is 2.55. The Morgan fingerprint density at radius 3 is 2.65 bits per heavy atom. The number of rotatable bonds is 5. The molecule has 0 aliphatic heterocycles. The summed E-state index contributed by atoms with van der Waals surface area (Å²) in [5, 5.41) is 3.65. The number of ether oxygens (including phenoxy) is 1. The summed E-state index contributed by atoms with van der Waals surface area (Å²) in [6.07, 6.45) is 2.67. The highest BCUT2D eigenvalue weighted by molar-refractivity contribution is 5.82. The molecular weight excluding hydrogens is 264 g/mol. The molecule has 1 radical (unpaired) electrons. The molecule has 103 valence electrons. The van der Waals surface area contributed by atoms with Crippen LogP contribution in [-0.4, -0.2) is 13.3 Å². The van der Waals surface area contributed by atoms with Crippen LogP contribution in [0.1, 0.15) is 11.1 Å². The van der Waals surface area contributed by atoms with Crippen LogP contribution in [0.2, 0.25) is 0 Å². The monoisotopic (exact) mass is 276 g/mol. The lowest BCUT2D eigenvalue weighted by molar-refractivity contribution is 0.132. The first-order valence-corrected chi connectivity index (χ1v) is 5.85. The summed E-state index contributed by atoms with van der Waals surface area (Å²) in [7, 11) is 1.54. The molecule has 0 bridgehead atoms. The molecule has 0 fully saturated rings. The topological polar surface area (TPSA) is 30.8 Å². The van der Waals surface area contributed by atoms with E-state index >= 15 is 0 Å². The van der Waals surface area contributed by atoms with Crippen molar-refractivity contribution in [3.63, 3.8) is 0 Å². The lowest BCUT2D eigenvalue weighted by atomic mass is 10.2. The number of methoxy groups -OCH3 is 1. The van der Waals surface area contributed by atoms with E-state index in [0.29, 0.717) is 16.9 Å². The van der Waals surface area contributed by atoms with Gasteiger partial charge >= 0.3 is 0 Å². The van der Waals surface area contributed by atoms with Gasteiger partial charge in [0.2, 0.25) is 0 Å². The van der Waals surface area contributed by atoms with E-state index in [1.54, 1.807) is 19.2 Å². The minimum Gasteiger partial charge on any atom is -0.496 e.